The van der Waals surface area contributed by atoms with Crippen molar-refractivity contribution in [3.8, 4) is 11.8 Å². The van der Waals surface area contributed by atoms with Crippen molar-refractivity contribution in [3.63, 3.8) is 0 Å². The minimum Gasteiger partial charge on any atom is -0.384 e. The third-order valence-electron chi connectivity index (χ3n) is 3.64. The largest absolute Gasteiger partial charge is 0.384 e. The first-order valence-electron chi connectivity index (χ1n) is 6.60. The van der Waals surface area contributed by atoms with E-state index in [0.29, 0.717) is 11.1 Å². The molecule has 1 aliphatic carbocycles. The topological polar surface area (TPSA) is 49.3 Å². The van der Waals surface area contributed by atoms with E-state index in [-0.39, 0.29) is 36.2 Å². The standard InChI is InChI=1S/C16H18FNO2/c1-16(2)9-13(16)15(20)18-10-12-8-11(4-3-7-19)5-6-14(12)17/h5-6,8,13,19H,7,9-10H2,1-2H3,(H,18,20). The van der Waals surface area contributed by atoms with Gasteiger partial charge in [0.15, 0.2) is 0 Å². The van der Waals surface area contributed by atoms with E-state index in [1.54, 1.807) is 12.1 Å². The van der Waals surface area contributed by atoms with Crippen LogP contribution < -0.4 is 5.32 Å². The van der Waals surface area contributed by atoms with Gasteiger partial charge in [-0.25, -0.2) is 4.39 Å². The lowest BCUT2D eigenvalue weighted by Gasteiger charge is -2.08. The summed E-state index contributed by atoms with van der Waals surface area (Å²) in [5, 5.41) is 11.4. The second-order valence-corrected chi connectivity index (χ2v) is 5.73. The van der Waals surface area contributed by atoms with Crippen LogP contribution in [0.2, 0.25) is 0 Å². The molecule has 1 aliphatic rings. The quantitative estimate of drug-likeness (QED) is 0.827. The zero-order chi connectivity index (χ0) is 14.8. The van der Waals surface area contributed by atoms with Gasteiger partial charge in [0, 0.05) is 23.6 Å². The molecule has 1 amide bonds. The molecule has 0 aromatic heterocycles. The van der Waals surface area contributed by atoms with Crippen LogP contribution in [0.3, 0.4) is 0 Å². The highest BCUT2D eigenvalue weighted by Crippen LogP contribution is 2.51. The van der Waals surface area contributed by atoms with Crippen LogP contribution in [0.15, 0.2) is 18.2 Å². The van der Waals surface area contributed by atoms with E-state index in [9.17, 15) is 9.18 Å². The van der Waals surface area contributed by atoms with Gasteiger partial charge in [0.05, 0.1) is 0 Å². The summed E-state index contributed by atoms with van der Waals surface area (Å²) in [4.78, 5) is 11.9. The Morgan fingerprint density at radius 1 is 1.55 bits per heavy atom. The van der Waals surface area contributed by atoms with Gasteiger partial charge in [-0.1, -0.05) is 25.7 Å². The van der Waals surface area contributed by atoms with Crippen molar-refractivity contribution in [2.45, 2.75) is 26.8 Å². The Balaban J connectivity index is 2.00. The molecule has 106 valence electrons. The molecule has 4 heteroatoms. The maximum Gasteiger partial charge on any atom is 0.223 e. The highest BCUT2D eigenvalue weighted by atomic mass is 19.1. The smallest absolute Gasteiger partial charge is 0.223 e. The molecular formula is C16H18FNO2. The van der Waals surface area contributed by atoms with Crippen LogP contribution in [0, 0.1) is 29.0 Å². The van der Waals surface area contributed by atoms with Gasteiger partial charge < -0.3 is 10.4 Å². The van der Waals surface area contributed by atoms with Crippen molar-refractivity contribution in [3.05, 3.63) is 35.1 Å². The number of amides is 1. The average molecular weight is 275 g/mol. The molecule has 1 fully saturated rings. The van der Waals surface area contributed by atoms with Crippen molar-refractivity contribution in [1.82, 2.24) is 5.32 Å². The summed E-state index contributed by atoms with van der Waals surface area (Å²) in [6, 6.07) is 4.47. The van der Waals surface area contributed by atoms with Gasteiger partial charge in [0.25, 0.3) is 0 Å². The maximum absolute atomic E-state index is 13.7. The van der Waals surface area contributed by atoms with E-state index in [0.717, 1.165) is 6.42 Å². The predicted octanol–water partition coefficient (Wildman–Crippen LogP) is 1.83. The highest BCUT2D eigenvalue weighted by Gasteiger charge is 2.50. The van der Waals surface area contributed by atoms with Crippen molar-refractivity contribution >= 4 is 5.91 Å². The van der Waals surface area contributed by atoms with Crippen LogP contribution in [0.1, 0.15) is 31.4 Å². The summed E-state index contributed by atoms with van der Waals surface area (Å²) in [6.45, 7) is 4.01. The van der Waals surface area contributed by atoms with E-state index in [1.807, 2.05) is 13.8 Å². The zero-order valence-corrected chi connectivity index (χ0v) is 11.7. The second-order valence-electron chi connectivity index (χ2n) is 5.73. The number of benzene rings is 1. The fraction of sp³-hybridized carbons (Fsp3) is 0.438. The molecule has 1 atom stereocenters. The number of carbonyl (C=O) groups excluding carboxylic acids is 1. The Kier molecular flexibility index (Phi) is 4.10. The lowest BCUT2D eigenvalue weighted by atomic mass is 10.1. The van der Waals surface area contributed by atoms with Crippen molar-refractivity contribution < 1.29 is 14.3 Å². The molecular weight excluding hydrogens is 257 g/mol. The summed E-state index contributed by atoms with van der Waals surface area (Å²) in [5.74, 6) is 4.87. The van der Waals surface area contributed by atoms with Crippen LogP contribution in [-0.2, 0) is 11.3 Å². The summed E-state index contributed by atoms with van der Waals surface area (Å²) in [7, 11) is 0. The Hall–Kier alpha value is -1.86. The highest BCUT2D eigenvalue weighted by molar-refractivity contribution is 5.82. The molecule has 2 N–H and O–H groups in total. The fourth-order valence-electron chi connectivity index (χ4n) is 2.15. The molecule has 0 saturated heterocycles. The summed E-state index contributed by atoms with van der Waals surface area (Å²) >= 11 is 0. The average Bonchev–Trinajstić information content (AvgIpc) is 3.05. The number of carbonyl (C=O) groups is 1. The van der Waals surface area contributed by atoms with Crippen LogP contribution in [0.4, 0.5) is 4.39 Å². The number of halogens is 1. The molecule has 0 aliphatic heterocycles. The van der Waals surface area contributed by atoms with Crippen molar-refractivity contribution in [1.29, 1.82) is 0 Å². The predicted molar refractivity (Wildman–Crippen MR) is 74.1 cm³/mol. The maximum atomic E-state index is 13.7. The van der Waals surface area contributed by atoms with E-state index in [4.69, 9.17) is 5.11 Å². The number of nitrogens with one attached hydrogen (secondary N) is 1. The summed E-state index contributed by atoms with van der Waals surface area (Å²) in [5.41, 5.74) is 1.09. The minimum atomic E-state index is -0.366. The lowest BCUT2D eigenvalue weighted by Crippen LogP contribution is -2.26. The van der Waals surface area contributed by atoms with Crippen LogP contribution in [0.25, 0.3) is 0 Å². The monoisotopic (exact) mass is 275 g/mol. The first kappa shape index (κ1) is 14.5. The number of hydrogen-bond acceptors (Lipinski definition) is 2. The van der Waals surface area contributed by atoms with E-state index < -0.39 is 0 Å². The first-order valence-corrected chi connectivity index (χ1v) is 6.60. The van der Waals surface area contributed by atoms with E-state index in [1.165, 1.54) is 6.07 Å². The molecule has 1 aromatic carbocycles. The Morgan fingerprint density at radius 2 is 2.25 bits per heavy atom. The lowest BCUT2D eigenvalue weighted by molar-refractivity contribution is -0.123. The van der Waals surface area contributed by atoms with Gasteiger partial charge in [0.1, 0.15) is 12.4 Å². The van der Waals surface area contributed by atoms with Gasteiger partial charge in [-0.2, -0.15) is 0 Å². The third kappa shape index (κ3) is 3.37. The van der Waals surface area contributed by atoms with Gasteiger partial charge in [0.2, 0.25) is 5.91 Å². The number of aliphatic hydroxyl groups is 1. The Bertz CT molecular complexity index is 584. The Labute approximate surface area is 118 Å². The number of rotatable bonds is 3. The van der Waals surface area contributed by atoms with Crippen molar-refractivity contribution in [2.24, 2.45) is 11.3 Å². The molecule has 20 heavy (non-hydrogen) atoms. The normalized spacial score (nSPS) is 18.9. The molecule has 0 bridgehead atoms. The van der Waals surface area contributed by atoms with Gasteiger partial charge in [-0.15, -0.1) is 0 Å². The van der Waals surface area contributed by atoms with Crippen LogP contribution in [-0.4, -0.2) is 17.6 Å². The summed E-state index contributed by atoms with van der Waals surface area (Å²) in [6.07, 6.45) is 0.878. The van der Waals surface area contributed by atoms with Crippen LogP contribution >= 0.6 is 0 Å². The number of aliphatic hydroxyl groups excluding tert-OH is 1. The molecule has 0 radical (unpaired) electrons. The Morgan fingerprint density at radius 3 is 2.85 bits per heavy atom. The minimum absolute atomic E-state index is 0.0266. The van der Waals surface area contributed by atoms with Crippen molar-refractivity contribution in [2.75, 3.05) is 6.61 Å². The molecule has 3 nitrogen and oxygen atoms in total. The van der Waals surface area contributed by atoms with Gasteiger partial charge >= 0.3 is 0 Å². The second kappa shape index (κ2) is 5.64. The fourth-order valence-corrected chi connectivity index (χ4v) is 2.15. The van der Waals surface area contributed by atoms with E-state index >= 15 is 0 Å². The van der Waals surface area contributed by atoms with Gasteiger partial charge in [-0.05, 0) is 30.0 Å². The summed E-state index contributed by atoms with van der Waals surface area (Å²) < 4.78 is 13.7. The van der Waals surface area contributed by atoms with E-state index in [2.05, 4.69) is 17.2 Å². The third-order valence-corrected chi connectivity index (χ3v) is 3.64. The zero-order valence-electron chi connectivity index (χ0n) is 11.7. The molecule has 1 aromatic rings. The SMILES string of the molecule is CC1(C)CC1C(=O)NCc1cc(C#CCO)ccc1F. The van der Waals surface area contributed by atoms with Gasteiger partial charge in [-0.3, -0.25) is 4.79 Å². The molecule has 0 heterocycles. The first-order chi connectivity index (χ1) is 9.44. The molecule has 0 spiro atoms. The number of hydrogen-bond donors (Lipinski definition) is 2. The van der Waals surface area contributed by atoms with Crippen LogP contribution in [0.5, 0.6) is 0 Å². The molecule has 1 saturated carbocycles. The molecule has 1 unspecified atom stereocenters. The molecule has 2 rings (SSSR count).